The van der Waals surface area contributed by atoms with Gasteiger partial charge in [0.1, 0.15) is 5.75 Å². The summed E-state index contributed by atoms with van der Waals surface area (Å²) in [6, 6.07) is 14.2. The number of hydrogen-bond acceptors (Lipinski definition) is 5. The van der Waals surface area contributed by atoms with Gasteiger partial charge in [-0.1, -0.05) is 23.7 Å². The highest BCUT2D eigenvalue weighted by atomic mass is 35.5. The van der Waals surface area contributed by atoms with Gasteiger partial charge in [-0.15, -0.1) is 0 Å². The van der Waals surface area contributed by atoms with E-state index in [1.165, 1.54) is 0 Å². The standard InChI is InChI=1S/C21H23ClN2O4S/c1-28-18-8-6-17(7-9-18)24-20-14-29(26,27)13-19(20)23(12-21(24)25)11-10-15-2-4-16(22)5-3-15/h2-9,19-20H,10-14H2,1H3. The van der Waals surface area contributed by atoms with E-state index in [1.807, 2.05) is 41.3 Å². The Morgan fingerprint density at radius 3 is 2.34 bits per heavy atom. The first-order valence-corrected chi connectivity index (χ1v) is 11.7. The fourth-order valence-electron chi connectivity index (χ4n) is 4.20. The largest absolute Gasteiger partial charge is 0.497 e. The Bertz CT molecular complexity index is 992. The molecule has 6 nitrogen and oxygen atoms in total. The normalized spacial score (nSPS) is 23.8. The van der Waals surface area contributed by atoms with E-state index in [-0.39, 0.29) is 36.0 Å². The number of carbonyl (C=O) groups is 1. The predicted molar refractivity (Wildman–Crippen MR) is 113 cm³/mol. The van der Waals surface area contributed by atoms with Gasteiger partial charge in [-0.05, 0) is 48.4 Å². The lowest BCUT2D eigenvalue weighted by molar-refractivity contribution is -0.123. The average molecular weight is 435 g/mol. The van der Waals surface area contributed by atoms with Crippen molar-refractivity contribution in [3.63, 3.8) is 0 Å². The molecule has 0 aliphatic carbocycles. The first-order valence-electron chi connectivity index (χ1n) is 9.51. The van der Waals surface area contributed by atoms with Crippen molar-refractivity contribution in [2.75, 3.05) is 36.6 Å². The Balaban J connectivity index is 1.56. The van der Waals surface area contributed by atoms with Crippen molar-refractivity contribution in [1.82, 2.24) is 4.90 Å². The first kappa shape index (κ1) is 20.2. The molecule has 4 rings (SSSR count). The maximum absolute atomic E-state index is 13.0. The number of carbonyl (C=O) groups excluding carboxylic acids is 1. The molecule has 2 aromatic carbocycles. The second-order valence-electron chi connectivity index (χ2n) is 7.52. The number of piperazine rings is 1. The monoisotopic (exact) mass is 434 g/mol. The summed E-state index contributed by atoms with van der Waals surface area (Å²) in [6.07, 6.45) is 0.732. The van der Waals surface area contributed by atoms with Gasteiger partial charge in [-0.3, -0.25) is 9.69 Å². The molecule has 0 spiro atoms. The van der Waals surface area contributed by atoms with E-state index in [2.05, 4.69) is 0 Å². The van der Waals surface area contributed by atoms with Crippen molar-refractivity contribution >= 4 is 33.0 Å². The highest BCUT2D eigenvalue weighted by Crippen LogP contribution is 2.32. The SMILES string of the molecule is COc1ccc(N2C(=O)CN(CCc3ccc(Cl)cc3)C3CS(=O)(=O)CC32)cc1. The molecule has 0 aromatic heterocycles. The molecule has 2 heterocycles. The lowest BCUT2D eigenvalue weighted by atomic mass is 10.0. The smallest absolute Gasteiger partial charge is 0.241 e. The van der Waals surface area contributed by atoms with Gasteiger partial charge in [0.2, 0.25) is 5.91 Å². The summed E-state index contributed by atoms with van der Waals surface area (Å²) < 4.78 is 30.1. The molecule has 1 amide bonds. The summed E-state index contributed by atoms with van der Waals surface area (Å²) >= 11 is 5.94. The van der Waals surface area contributed by atoms with E-state index in [0.29, 0.717) is 23.0 Å². The Hall–Kier alpha value is -2.09. The van der Waals surface area contributed by atoms with Crippen molar-refractivity contribution in [1.29, 1.82) is 0 Å². The van der Waals surface area contributed by atoms with Crippen LogP contribution in [0.2, 0.25) is 5.02 Å². The molecule has 29 heavy (non-hydrogen) atoms. The van der Waals surface area contributed by atoms with Crippen LogP contribution in [0.3, 0.4) is 0 Å². The third-order valence-electron chi connectivity index (χ3n) is 5.65. The zero-order valence-corrected chi connectivity index (χ0v) is 17.7. The number of nitrogens with zero attached hydrogens (tertiary/aromatic N) is 2. The van der Waals surface area contributed by atoms with Crippen LogP contribution in [0.25, 0.3) is 0 Å². The molecular weight excluding hydrogens is 412 g/mol. The van der Waals surface area contributed by atoms with Crippen molar-refractivity contribution in [3.05, 3.63) is 59.1 Å². The maximum Gasteiger partial charge on any atom is 0.241 e. The molecule has 0 saturated carbocycles. The minimum atomic E-state index is -3.21. The average Bonchev–Trinajstić information content (AvgIpc) is 3.02. The molecular formula is C21H23ClN2O4S. The number of halogens is 1. The summed E-state index contributed by atoms with van der Waals surface area (Å²) in [4.78, 5) is 16.7. The molecule has 2 aliphatic heterocycles. The number of ether oxygens (including phenoxy) is 1. The van der Waals surface area contributed by atoms with Crippen LogP contribution in [-0.4, -0.2) is 63.0 Å². The molecule has 2 unspecified atom stereocenters. The lowest BCUT2D eigenvalue weighted by Crippen LogP contribution is -2.62. The van der Waals surface area contributed by atoms with Gasteiger partial charge in [-0.2, -0.15) is 0 Å². The number of benzene rings is 2. The van der Waals surface area contributed by atoms with Crippen LogP contribution in [0.1, 0.15) is 5.56 Å². The fraction of sp³-hybridized carbons (Fsp3) is 0.381. The van der Waals surface area contributed by atoms with Crippen LogP contribution in [0.5, 0.6) is 5.75 Å². The van der Waals surface area contributed by atoms with Gasteiger partial charge in [-0.25, -0.2) is 8.42 Å². The molecule has 2 aliphatic rings. The third-order valence-corrected chi connectivity index (χ3v) is 7.60. The minimum absolute atomic E-state index is 0.00706. The minimum Gasteiger partial charge on any atom is -0.497 e. The summed E-state index contributed by atoms with van der Waals surface area (Å²) in [5.74, 6) is 0.688. The van der Waals surface area contributed by atoms with Gasteiger partial charge < -0.3 is 9.64 Å². The summed E-state index contributed by atoms with van der Waals surface area (Å²) in [5, 5.41) is 0.680. The van der Waals surface area contributed by atoms with E-state index in [9.17, 15) is 13.2 Å². The van der Waals surface area contributed by atoms with Crippen molar-refractivity contribution < 1.29 is 17.9 Å². The maximum atomic E-state index is 13.0. The molecule has 0 N–H and O–H groups in total. The van der Waals surface area contributed by atoms with Crippen LogP contribution >= 0.6 is 11.6 Å². The third kappa shape index (κ3) is 4.27. The van der Waals surface area contributed by atoms with Crippen molar-refractivity contribution in [3.8, 4) is 5.75 Å². The van der Waals surface area contributed by atoms with Crippen molar-refractivity contribution in [2.24, 2.45) is 0 Å². The topological polar surface area (TPSA) is 66.9 Å². The molecule has 0 bridgehead atoms. The van der Waals surface area contributed by atoms with Gasteiger partial charge >= 0.3 is 0 Å². The Labute approximate surface area is 175 Å². The highest BCUT2D eigenvalue weighted by Gasteiger charge is 2.49. The molecule has 2 fully saturated rings. The Kier molecular flexibility index (Phi) is 5.55. The molecule has 2 atom stereocenters. The van der Waals surface area contributed by atoms with E-state index in [4.69, 9.17) is 16.3 Å². The van der Waals surface area contributed by atoms with Crippen molar-refractivity contribution in [2.45, 2.75) is 18.5 Å². The van der Waals surface area contributed by atoms with Crippen LogP contribution in [0.4, 0.5) is 5.69 Å². The van der Waals surface area contributed by atoms with E-state index in [0.717, 1.165) is 12.0 Å². The Morgan fingerprint density at radius 1 is 1.03 bits per heavy atom. The second-order valence-corrected chi connectivity index (χ2v) is 10.1. The number of amides is 1. The number of hydrogen-bond donors (Lipinski definition) is 0. The number of methoxy groups -OCH3 is 1. The van der Waals surface area contributed by atoms with Gasteiger partial charge in [0, 0.05) is 23.3 Å². The predicted octanol–water partition coefficient (Wildman–Crippen LogP) is 2.41. The highest BCUT2D eigenvalue weighted by molar-refractivity contribution is 7.91. The zero-order chi connectivity index (χ0) is 20.6. The summed E-state index contributed by atoms with van der Waals surface area (Å²) in [5.41, 5.74) is 1.82. The van der Waals surface area contributed by atoms with Crippen LogP contribution in [-0.2, 0) is 21.1 Å². The van der Waals surface area contributed by atoms with Crippen LogP contribution in [0, 0.1) is 0 Å². The zero-order valence-electron chi connectivity index (χ0n) is 16.1. The fourth-order valence-corrected chi connectivity index (χ4v) is 6.31. The number of fused-ring (bicyclic) bond motifs is 1. The molecule has 2 aromatic rings. The molecule has 0 radical (unpaired) electrons. The summed E-state index contributed by atoms with van der Waals surface area (Å²) in [7, 11) is -1.62. The number of rotatable bonds is 5. The summed E-state index contributed by atoms with van der Waals surface area (Å²) in [6.45, 7) is 0.830. The Morgan fingerprint density at radius 2 is 1.69 bits per heavy atom. The number of anilines is 1. The first-order chi connectivity index (χ1) is 13.9. The van der Waals surface area contributed by atoms with E-state index >= 15 is 0 Å². The molecule has 8 heteroatoms. The van der Waals surface area contributed by atoms with Crippen LogP contribution in [0.15, 0.2) is 48.5 Å². The van der Waals surface area contributed by atoms with Crippen LogP contribution < -0.4 is 9.64 Å². The van der Waals surface area contributed by atoms with E-state index in [1.54, 1.807) is 24.1 Å². The van der Waals surface area contributed by atoms with E-state index < -0.39 is 9.84 Å². The lowest BCUT2D eigenvalue weighted by Gasteiger charge is -2.43. The number of sulfone groups is 1. The van der Waals surface area contributed by atoms with Gasteiger partial charge in [0.15, 0.2) is 9.84 Å². The van der Waals surface area contributed by atoms with Gasteiger partial charge in [0.25, 0.3) is 0 Å². The molecule has 154 valence electrons. The second kappa shape index (κ2) is 7.97. The molecule has 2 saturated heterocycles. The quantitative estimate of drug-likeness (QED) is 0.723. The van der Waals surface area contributed by atoms with Gasteiger partial charge in [0.05, 0.1) is 31.2 Å².